The van der Waals surface area contributed by atoms with E-state index in [1.54, 1.807) is 57.3 Å². The molecular formula is C82H114N16O19. The Hall–Kier alpha value is -11.2. The fraction of sp³-hybridized carbons (Fsp3) is 0.561. The highest BCUT2D eigenvalue weighted by atomic mass is 16.4. The number of para-hydroxylation sites is 1. The Morgan fingerprint density at radius 1 is 0.709 bits per heavy atom. The van der Waals surface area contributed by atoms with Gasteiger partial charge in [0.1, 0.15) is 78.1 Å². The van der Waals surface area contributed by atoms with Crippen molar-refractivity contribution >= 4 is 99.3 Å². The number of H-pyrrole nitrogens is 2. The molecule has 10 amide bonds. The van der Waals surface area contributed by atoms with E-state index in [9.17, 15) is 82.8 Å². The lowest BCUT2D eigenvalue weighted by Gasteiger charge is -2.56. The molecule has 117 heavy (non-hydrogen) atoms. The fourth-order valence-corrected chi connectivity index (χ4v) is 17.2. The van der Waals surface area contributed by atoms with E-state index in [0.717, 1.165) is 30.9 Å². The zero-order valence-electron chi connectivity index (χ0n) is 67.4. The number of aliphatic hydroxyl groups is 3. The van der Waals surface area contributed by atoms with Gasteiger partial charge in [-0.3, -0.25) is 72.5 Å². The molecule has 10 rings (SSSR count). The number of hydrogen-bond acceptors (Lipinski definition) is 20. The summed E-state index contributed by atoms with van der Waals surface area (Å²) in [6.07, 6.45) is 13.6. The number of carbonyl (C=O) groups is 14. The summed E-state index contributed by atoms with van der Waals surface area (Å²) in [5, 5.41) is 84.0. The number of hydrogen-bond donors (Lipinski definition) is 19. The lowest BCUT2D eigenvalue weighted by atomic mass is 9.46. The molecule has 0 unspecified atom stereocenters. The summed E-state index contributed by atoms with van der Waals surface area (Å²) in [4.78, 5) is 198. The van der Waals surface area contributed by atoms with Gasteiger partial charge < -0.3 is 99.3 Å². The van der Waals surface area contributed by atoms with Crippen LogP contribution in [0.3, 0.4) is 0 Å². The summed E-state index contributed by atoms with van der Waals surface area (Å²) < 4.78 is 0. The number of allylic oxidation sites excluding steroid dienone is 4. The van der Waals surface area contributed by atoms with Crippen molar-refractivity contribution in [2.75, 3.05) is 32.8 Å². The molecule has 35 nitrogen and oxygen atoms in total. The third-order valence-corrected chi connectivity index (χ3v) is 23.0. The van der Waals surface area contributed by atoms with Gasteiger partial charge in [-0.05, 0) is 143 Å². The van der Waals surface area contributed by atoms with Crippen LogP contribution < -0.4 is 58.9 Å². The van der Waals surface area contributed by atoms with Crippen molar-refractivity contribution < 1.29 is 92.7 Å². The first kappa shape index (κ1) is 91.3. The number of guanidine groups is 1. The van der Waals surface area contributed by atoms with Crippen LogP contribution in [0, 0.1) is 45.8 Å². The minimum absolute atomic E-state index is 0.0206. The average Bonchev–Trinajstić information content (AvgIpc) is 1.60. The van der Waals surface area contributed by atoms with Gasteiger partial charge in [0, 0.05) is 104 Å². The number of aromatic hydroxyl groups is 1. The van der Waals surface area contributed by atoms with Gasteiger partial charge in [0.2, 0.25) is 59.1 Å². The number of nitrogens with zero attached hydrogens (tertiary/aromatic N) is 2. The fourth-order valence-electron chi connectivity index (χ4n) is 17.2. The minimum atomic E-state index is -1.75. The van der Waals surface area contributed by atoms with E-state index in [1.807, 2.05) is 39.8 Å². The molecule has 4 aliphatic carbocycles. The maximum Gasteiger partial charge on any atom is 0.300 e. The maximum atomic E-state index is 14.7. The van der Waals surface area contributed by atoms with Crippen molar-refractivity contribution in [3.63, 3.8) is 0 Å². The van der Waals surface area contributed by atoms with Crippen molar-refractivity contribution in [3.8, 4) is 5.75 Å². The van der Waals surface area contributed by atoms with Gasteiger partial charge >= 0.3 is 0 Å². The number of likely N-dealkylation sites (N-methyl/N-ethyl adjacent to an activating group) is 1. The van der Waals surface area contributed by atoms with Crippen molar-refractivity contribution in [1.82, 2.24) is 73.0 Å². The minimum Gasteiger partial charge on any atom is -0.508 e. The number of imidazole rings is 1. The van der Waals surface area contributed by atoms with Gasteiger partial charge in [-0.1, -0.05) is 83.5 Å². The number of aromatic amines is 2. The normalized spacial score (nSPS) is 23.4. The number of nitrogens with two attached hydrogens (primary N) is 1. The molecule has 35 heteroatoms. The van der Waals surface area contributed by atoms with E-state index in [-0.39, 0.29) is 136 Å². The van der Waals surface area contributed by atoms with Crippen LogP contribution in [0.2, 0.25) is 0 Å². The van der Waals surface area contributed by atoms with E-state index in [4.69, 9.17) is 21.0 Å². The number of rotatable bonds is 34. The van der Waals surface area contributed by atoms with Gasteiger partial charge in [0.05, 0.1) is 12.9 Å². The van der Waals surface area contributed by atoms with E-state index in [0.29, 0.717) is 60.9 Å². The number of phenolic OH excluding ortho intramolecular Hbond substituents is 1. The summed E-state index contributed by atoms with van der Waals surface area (Å²) in [5.74, 6) is -9.12. The van der Waals surface area contributed by atoms with Crippen LogP contribution in [0.5, 0.6) is 5.75 Å². The van der Waals surface area contributed by atoms with Crippen LogP contribution in [-0.4, -0.2) is 227 Å². The summed E-state index contributed by atoms with van der Waals surface area (Å²) in [6.45, 7) is 13.1. The molecule has 2 saturated heterocycles. The molecule has 0 spiro atoms. The highest BCUT2D eigenvalue weighted by Crippen LogP contribution is 2.66. The van der Waals surface area contributed by atoms with Crippen LogP contribution in [0.4, 0.5) is 0 Å². The Labute approximate surface area is 678 Å². The first-order chi connectivity index (χ1) is 55.4. The Morgan fingerprint density at radius 3 is 1.88 bits per heavy atom. The Kier molecular flexibility index (Phi) is 32.1. The number of amides is 10. The van der Waals surface area contributed by atoms with E-state index >= 15 is 0 Å². The number of carboxylic acids is 1. The van der Waals surface area contributed by atoms with Gasteiger partial charge in [0.15, 0.2) is 17.5 Å². The van der Waals surface area contributed by atoms with E-state index < -0.39 is 143 Å². The van der Waals surface area contributed by atoms with Crippen molar-refractivity contribution in [2.45, 2.75) is 218 Å². The predicted molar refractivity (Wildman–Crippen MR) is 427 cm³/mol. The Morgan fingerprint density at radius 2 is 1.30 bits per heavy atom. The quantitative estimate of drug-likeness (QED) is 0.0173. The number of Topliss-reactive ketones (excluding diaryl/α,β-unsaturated/α-hetero) is 2. The molecule has 2 aromatic carbocycles. The van der Waals surface area contributed by atoms with E-state index in [1.165, 1.54) is 41.7 Å². The van der Waals surface area contributed by atoms with Crippen molar-refractivity contribution in [2.24, 2.45) is 46.2 Å². The standard InChI is InChI=1S/C59H84N16O12.C21H26O5.C2H4O2/c1-6-63-57(86)48-14-10-22-75(48)58(87)41(13-9-21-64-59(60)61)68-51(80)42(23-32(2)3)69-52(81)43(24-33(4)5)70-53(82)44(25-34-15-17-37(77)18-16-34)71-56(85)47(30-76)74-54(83)45(26-35-28-65-39-12-8-7-11-38(35)39)72-55(84)46(27-36-29-62-31-66-36)73-50(79)40-19-20-49(78)67-40;1-19-7-5-13(23)9-12(19)3-4-14-15-6-8-21(26,17(25)11-22)20(15,2)10-16(24)18(14)19;1-2(3)4/h7-8,11-12,15-18,28-29,31-33,40-48,65,76-77H,6,9-10,13-14,19-27,30H2,1-5H3,(H,62,66)(H,63,86)(H,67,78)(H,68,80)(H,69,81)(H,70,82)(H,71,85)(H,72,84)(H,73,79)(H,74,83)(H4,60,61,64);5,7,9,14-15,18,22,26H,3-4,6,8,10-11H2,1-2H3;1H3,(H,3,4)/t40-,41-,42-,43+,44-,45-,46-,47-,48-;14-,15-,18+,19-,20-,21-;/m00./s1. The molecule has 3 saturated carbocycles. The van der Waals surface area contributed by atoms with Gasteiger partial charge in [-0.2, -0.15) is 0 Å². The first-order valence-electron chi connectivity index (χ1n) is 40.0. The average molecular weight is 1630 g/mol. The lowest BCUT2D eigenvalue weighted by Crippen LogP contribution is -2.61. The second-order valence-electron chi connectivity index (χ2n) is 32.3. The predicted octanol–water partition coefficient (Wildman–Crippen LogP) is 0.628. The van der Waals surface area contributed by atoms with Crippen molar-refractivity contribution in [1.29, 1.82) is 5.41 Å². The number of phenols is 1. The molecule has 636 valence electrons. The summed E-state index contributed by atoms with van der Waals surface area (Å²) in [6, 6.07) is 1.56. The van der Waals surface area contributed by atoms with Crippen LogP contribution in [0.15, 0.2) is 91.1 Å². The SMILES string of the molecule is CC(=O)O.CCNC(=O)[C@@H]1CCCN1C(=O)[C@H](CCCNC(=N)N)NC(=O)[C@H](CC(C)C)NC(=O)[C@@H](CC(C)C)NC(=O)[C@H](Cc1ccc(O)cc1)NC(=O)[C@H](CO)NC(=O)[C@H](Cc1c[nH]c2ccccc12)NC(=O)[C@H](Cc1cnc[nH]1)NC(=O)[C@@H]1CCC(=O)N1.C[C@]12C=CC(=O)C=C1CC[C@@H]1[C@@H]2C(=O)C[C@@]2(C)[C@H]1CC[C@]2(O)C(=O)CO. The first-order valence-corrected chi connectivity index (χ1v) is 40.0. The molecule has 2 aromatic heterocycles. The van der Waals surface area contributed by atoms with Crippen LogP contribution in [-0.2, 0) is 86.4 Å². The number of benzene rings is 2. The monoisotopic (exact) mass is 1630 g/mol. The zero-order valence-corrected chi connectivity index (χ0v) is 67.4. The number of likely N-dealkylation sites (tertiary alicyclic amines) is 1. The number of carboxylic acid groups (broad SMARTS) is 1. The molecular weight excluding hydrogens is 1510 g/mol. The molecule has 0 bridgehead atoms. The molecule has 0 radical (unpaired) electrons. The third kappa shape index (κ3) is 23.3. The third-order valence-electron chi connectivity index (χ3n) is 23.0. The molecule has 15 atom stereocenters. The highest BCUT2D eigenvalue weighted by Gasteiger charge is 2.68. The smallest absolute Gasteiger partial charge is 0.300 e. The number of aromatic nitrogens is 3. The number of ketones is 3. The van der Waals surface area contributed by atoms with Crippen LogP contribution in [0.25, 0.3) is 10.9 Å². The number of nitrogens with one attached hydrogen (secondary N) is 13. The highest BCUT2D eigenvalue weighted by molar-refractivity contribution is 6.03. The molecule has 5 fully saturated rings. The number of fused-ring (bicyclic) bond motifs is 6. The van der Waals surface area contributed by atoms with Crippen molar-refractivity contribution in [3.05, 3.63) is 108 Å². The summed E-state index contributed by atoms with van der Waals surface area (Å²) >= 11 is 0. The molecule has 6 aliphatic rings. The number of aliphatic hydroxyl groups excluding tert-OH is 2. The number of carbonyl (C=O) groups excluding carboxylic acids is 13. The molecule has 20 N–H and O–H groups in total. The summed E-state index contributed by atoms with van der Waals surface area (Å²) in [5.41, 5.74) is 5.83. The second-order valence-corrected chi connectivity index (χ2v) is 32.3. The Balaban J connectivity index is 0.000000470. The second kappa shape index (κ2) is 41.1. The topological polar surface area (TPSA) is 558 Å². The van der Waals surface area contributed by atoms with E-state index in [2.05, 4.69) is 68.1 Å². The maximum absolute atomic E-state index is 14.7. The van der Waals surface area contributed by atoms with Gasteiger partial charge in [0.25, 0.3) is 5.97 Å². The zero-order chi connectivity index (χ0) is 85.8. The molecule has 4 aromatic rings. The Bertz CT molecular complexity index is 4350. The largest absolute Gasteiger partial charge is 0.508 e. The summed E-state index contributed by atoms with van der Waals surface area (Å²) in [7, 11) is 0. The molecule has 4 heterocycles. The van der Waals surface area contributed by atoms with Crippen LogP contribution >= 0.6 is 0 Å². The van der Waals surface area contributed by atoms with Gasteiger partial charge in [-0.15, -0.1) is 0 Å². The van der Waals surface area contributed by atoms with Gasteiger partial charge in [-0.25, -0.2) is 4.98 Å². The number of aliphatic carboxylic acids is 1. The lowest BCUT2D eigenvalue weighted by molar-refractivity contribution is -0.168. The van der Waals surface area contributed by atoms with Crippen LogP contribution in [0.1, 0.15) is 156 Å². The molecule has 2 aliphatic heterocycles.